The fraction of sp³-hybridized carbons (Fsp3) is 0.562. The molecular formula is C16H24BClN2O3. The number of hydrogen-bond donors (Lipinski definition) is 1. The van der Waals surface area contributed by atoms with Gasteiger partial charge in [-0.3, -0.25) is 4.79 Å². The van der Waals surface area contributed by atoms with Gasteiger partial charge < -0.3 is 14.6 Å². The molecular weight excluding hydrogens is 314 g/mol. The van der Waals surface area contributed by atoms with Crippen molar-refractivity contribution in [1.82, 2.24) is 9.23 Å². The van der Waals surface area contributed by atoms with E-state index in [4.69, 9.17) is 16.5 Å². The highest BCUT2D eigenvalue weighted by atomic mass is 35.5. The van der Waals surface area contributed by atoms with Crippen molar-refractivity contribution >= 4 is 24.8 Å². The number of halogens is 1. The molecule has 126 valence electrons. The Labute approximate surface area is 143 Å². The summed E-state index contributed by atoms with van der Waals surface area (Å²) in [5.41, 5.74) is 1.08. The van der Waals surface area contributed by atoms with Crippen LogP contribution in [0.2, 0.25) is 6.82 Å². The van der Waals surface area contributed by atoms with Crippen LogP contribution in [0.1, 0.15) is 25.5 Å². The van der Waals surface area contributed by atoms with Crippen LogP contribution >= 0.6 is 11.8 Å². The van der Waals surface area contributed by atoms with E-state index in [9.17, 15) is 9.82 Å². The summed E-state index contributed by atoms with van der Waals surface area (Å²) in [5, 5.41) is 9.85. The van der Waals surface area contributed by atoms with Gasteiger partial charge in [0.2, 0.25) is 0 Å². The van der Waals surface area contributed by atoms with Crippen LogP contribution < -0.4 is 0 Å². The second kappa shape index (κ2) is 8.15. The SMILES string of the molecule is CCOC(=O)[C@@H]1CN(B(C)O)CC1N(Cl)[C@H](C)c1ccccc1. The number of esters is 1. The third kappa shape index (κ3) is 4.26. The van der Waals surface area contributed by atoms with Crippen molar-refractivity contribution < 1.29 is 14.6 Å². The average Bonchev–Trinajstić information content (AvgIpc) is 3.00. The normalized spacial score (nSPS) is 23.0. The van der Waals surface area contributed by atoms with E-state index in [1.807, 2.05) is 42.1 Å². The smallest absolute Gasteiger partial charge is 0.376 e. The second-order valence-corrected chi connectivity index (χ2v) is 6.33. The summed E-state index contributed by atoms with van der Waals surface area (Å²) in [4.78, 5) is 14.1. The van der Waals surface area contributed by atoms with Crippen LogP contribution in [0.4, 0.5) is 0 Å². The van der Waals surface area contributed by atoms with Crippen LogP contribution in [0.3, 0.4) is 0 Å². The van der Waals surface area contributed by atoms with E-state index in [-0.39, 0.29) is 24.0 Å². The molecule has 0 bridgehead atoms. The lowest BCUT2D eigenvalue weighted by molar-refractivity contribution is -0.148. The van der Waals surface area contributed by atoms with E-state index < -0.39 is 7.05 Å². The molecule has 1 aliphatic heterocycles. The zero-order chi connectivity index (χ0) is 17.0. The molecule has 0 saturated carbocycles. The van der Waals surface area contributed by atoms with Crippen molar-refractivity contribution in [1.29, 1.82) is 0 Å². The van der Waals surface area contributed by atoms with Gasteiger partial charge in [-0.15, -0.1) is 0 Å². The van der Waals surface area contributed by atoms with E-state index in [0.29, 0.717) is 19.7 Å². The minimum Gasteiger partial charge on any atom is -0.466 e. The van der Waals surface area contributed by atoms with Crippen molar-refractivity contribution in [3.8, 4) is 0 Å². The lowest BCUT2D eigenvalue weighted by Gasteiger charge is -2.30. The van der Waals surface area contributed by atoms with Gasteiger partial charge >= 0.3 is 13.0 Å². The van der Waals surface area contributed by atoms with Crippen molar-refractivity contribution in [3.05, 3.63) is 35.9 Å². The highest BCUT2D eigenvalue weighted by Crippen LogP contribution is 2.32. The molecule has 23 heavy (non-hydrogen) atoms. The van der Waals surface area contributed by atoms with Crippen molar-refractivity contribution in [3.63, 3.8) is 0 Å². The van der Waals surface area contributed by atoms with Crippen LogP contribution in [0.5, 0.6) is 0 Å². The maximum atomic E-state index is 12.3. The predicted molar refractivity (Wildman–Crippen MR) is 91.9 cm³/mol. The fourth-order valence-corrected chi connectivity index (χ4v) is 3.32. The highest BCUT2D eigenvalue weighted by Gasteiger charge is 2.44. The van der Waals surface area contributed by atoms with Crippen LogP contribution in [0.15, 0.2) is 30.3 Å². The van der Waals surface area contributed by atoms with Gasteiger partial charge in [-0.1, -0.05) is 30.3 Å². The molecule has 2 rings (SSSR count). The van der Waals surface area contributed by atoms with Gasteiger partial charge in [0, 0.05) is 19.1 Å². The number of ether oxygens (including phenoxy) is 1. The molecule has 1 aromatic carbocycles. The Bertz CT molecular complexity index is 517. The summed E-state index contributed by atoms with van der Waals surface area (Å²) in [6, 6.07) is 9.67. The van der Waals surface area contributed by atoms with E-state index >= 15 is 0 Å². The molecule has 0 spiro atoms. The summed E-state index contributed by atoms with van der Waals surface area (Å²) in [7, 11) is -0.617. The Balaban J connectivity index is 2.17. The van der Waals surface area contributed by atoms with E-state index in [1.165, 1.54) is 0 Å². The quantitative estimate of drug-likeness (QED) is 0.489. The molecule has 7 heteroatoms. The molecule has 0 aromatic heterocycles. The topological polar surface area (TPSA) is 53.0 Å². The van der Waals surface area contributed by atoms with Crippen LogP contribution in [-0.4, -0.2) is 53.0 Å². The summed E-state index contributed by atoms with van der Waals surface area (Å²) in [5.74, 6) is -0.625. The number of benzene rings is 1. The summed E-state index contributed by atoms with van der Waals surface area (Å²) >= 11 is 6.60. The monoisotopic (exact) mass is 338 g/mol. The van der Waals surface area contributed by atoms with Gasteiger partial charge in [0.05, 0.1) is 18.6 Å². The van der Waals surface area contributed by atoms with E-state index in [1.54, 1.807) is 18.2 Å². The molecule has 0 radical (unpaired) electrons. The molecule has 1 unspecified atom stereocenters. The molecule has 0 aliphatic carbocycles. The highest BCUT2D eigenvalue weighted by molar-refractivity contribution is 6.45. The second-order valence-electron chi connectivity index (χ2n) is 5.94. The first-order chi connectivity index (χ1) is 11.0. The number of hydrogen-bond acceptors (Lipinski definition) is 5. The number of carbonyl (C=O) groups is 1. The molecule has 1 heterocycles. The fourth-order valence-electron chi connectivity index (χ4n) is 3.01. The third-order valence-electron chi connectivity index (χ3n) is 4.40. The molecule has 5 nitrogen and oxygen atoms in total. The lowest BCUT2D eigenvalue weighted by Crippen LogP contribution is -2.40. The van der Waals surface area contributed by atoms with Crippen molar-refractivity contribution in [2.24, 2.45) is 5.92 Å². The molecule has 0 amide bonds. The largest absolute Gasteiger partial charge is 0.466 e. The van der Waals surface area contributed by atoms with Gasteiger partial charge in [-0.05, 0) is 38.0 Å². The Morgan fingerprint density at radius 3 is 2.70 bits per heavy atom. The molecule has 3 atom stereocenters. The maximum Gasteiger partial charge on any atom is 0.376 e. The van der Waals surface area contributed by atoms with E-state index in [0.717, 1.165) is 5.56 Å². The Morgan fingerprint density at radius 2 is 2.13 bits per heavy atom. The standard InChI is InChI=1S/C16H24BClN2O3/c1-4-23-16(21)14-10-19(17(3)22)11-15(14)20(18)12(2)13-8-6-5-7-9-13/h5-9,12,14-15,22H,4,10-11H2,1-3H3/t12-,14-,15?/m1/s1. The zero-order valence-electron chi connectivity index (χ0n) is 13.9. The molecule has 1 aromatic rings. The van der Waals surface area contributed by atoms with E-state index in [2.05, 4.69) is 0 Å². The first kappa shape index (κ1) is 18.3. The minimum atomic E-state index is -0.617. The first-order valence-corrected chi connectivity index (χ1v) is 8.37. The molecule has 1 fully saturated rings. The van der Waals surface area contributed by atoms with Crippen LogP contribution in [0.25, 0.3) is 0 Å². The first-order valence-electron chi connectivity index (χ1n) is 8.03. The van der Waals surface area contributed by atoms with Gasteiger partial charge in [0.1, 0.15) is 0 Å². The summed E-state index contributed by atoms with van der Waals surface area (Å²) < 4.78 is 6.88. The van der Waals surface area contributed by atoms with Crippen LogP contribution in [0, 0.1) is 5.92 Å². The lowest BCUT2D eigenvalue weighted by atomic mass is 9.86. The third-order valence-corrected chi connectivity index (χ3v) is 4.95. The average molecular weight is 339 g/mol. The Hall–Kier alpha value is -1.08. The molecule has 1 saturated heterocycles. The van der Waals surface area contributed by atoms with Gasteiger partial charge in [0.15, 0.2) is 0 Å². The molecule has 1 N–H and O–H groups in total. The predicted octanol–water partition coefficient (Wildman–Crippen LogP) is 2.18. The number of nitrogens with zero attached hydrogens (tertiary/aromatic N) is 2. The Morgan fingerprint density at radius 1 is 1.48 bits per heavy atom. The molecule has 1 aliphatic rings. The van der Waals surface area contributed by atoms with Crippen LogP contribution in [-0.2, 0) is 9.53 Å². The van der Waals surface area contributed by atoms with Crippen molar-refractivity contribution in [2.45, 2.75) is 32.8 Å². The number of rotatable bonds is 6. The minimum absolute atomic E-state index is 0.0475. The maximum absolute atomic E-state index is 12.3. The summed E-state index contributed by atoms with van der Waals surface area (Å²) in [6.07, 6.45) is 0. The van der Waals surface area contributed by atoms with Gasteiger partial charge in [-0.2, -0.15) is 0 Å². The van der Waals surface area contributed by atoms with Gasteiger partial charge in [0.25, 0.3) is 0 Å². The Kier molecular flexibility index (Phi) is 6.47. The zero-order valence-corrected chi connectivity index (χ0v) is 14.6. The summed E-state index contributed by atoms with van der Waals surface area (Å²) in [6.45, 7) is 6.82. The van der Waals surface area contributed by atoms with Gasteiger partial charge in [-0.25, -0.2) is 4.42 Å². The number of carbonyl (C=O) groups excluding carboxylic acids is 1. The van der Waals surface area contributed by atoms with Crippen molar-refractivity contribution in [2.75, 3.05) is 19.7 Å².